The Bertz CT molecular complexity index is 1080. The van der Waals surface area contributed by atoms with E-state index in [1.807, 2.05) is 52.0 Å². The first-order valence-electron chi connectivity index (χ1n) is 13.0. The molecule has 2 rings (SSSR count). The van der Waals surface area contributed by atoms with E-state index in [9.17, 15) is 4.79 Å². The molecule has 0 aliphatic rings. The molecule has 0 saturated heterocycles. The van der Waals surface area contributed by atoms with E-state index in [-0.39, 0.29) is 23.2 Å². The van der Waals surface area contributed by atoms with Crippen molar-refractivity contribution in [3.05, 3.63) is 96.6 Å². The van der Waals surface area contributed by atoms with Crippen LogP contribution in [0, 0.1) is 33.5 Å². The largest absolute Gasteiger partial charge is 0.465 e. The van der Waals surface area contributed by atoms with Crippen molar-refractivity contribution in [1.29, 1.82) is 10.5 Å². The molecule has 0 N–H and O–H groups in total. The Morgan fingerprint density at radius 3 is 1.71 bits per heavy atom. The molecule has 0 amide bonds. The molecular formula is C34H44N2O2. The lowest BCUT2D eigenvalue weighted by Gasteiger charge is -2.14. The minimum Gasteiger partial charge on any atom is -0.465 e. The molecule has 0 fully saturated rings. The van der Waals surface area contributed by atoms with E-state index in [0.717, 1.165) is 31.2 Å². The van der Waals surface area contributed by atoms with E-state index in [1.54, 1.807) is 0 Å². The van der Waals surface area contributed by atoms with Crippen LogP contribution in [0.2, 0.25) is 0 Å². The average molecular weight is 513 g/mol. The molecule has 202 valence electrons. The van der Waals surface area contributed by atoms with Crippen LogP contribution in [0.4, 0.5) is 0 Å². The standard InChI is InChI=1S/C13H15N.C11H17NO2.C10H12/c1-4-11-5-7-12(8-6-11)9-13(2,3)10-14;1-4-6-10(13)14-8-5-7-11(2,3)9-12;1-3-9-5-7-10(4-2)8-6-9/h4-8H,1,9H2,2-3H3;4H,1,5-8H2,2-3H3;3,5-8H,1,4H2,2H3. The first-order valence-corrected chi connectivity index (χ1v) is 13.0. The summed E-state index contributed by atoms with van der Waals surface area (Å²) in [5, 5.41) is 17.6. The third-order valence-electron chi connectivity index (χ3n) is 5.61. The Balaban J connectivity index is 0.000000548. The lowest BCUT2D eigenvalue weighted by atomic mass is 9.87. The molecule has 4 nitrogen and oxygen atoms in total. The van der Waals surface area contributed by atoms with Crippen LogP contribution in [-0.4, -0.2) is 12.6 Å². The number of hydrogen-bond acceptors (Lipinski definition) is 4. The Hall–Kier alpha value is -3.89. The van der Waals surface area contributed by atoms with Crippen molar-refractivity contribution in [2.75, 3.05) is 6.61 Å². The summed E-state index contributed by atoms with van der Waals surface area (Å²) in [5.41, 5.74) is 4.27. The molecule has 0 saturated carbocycles. The number of ether oxygens (including phenoxy) is 1. The molecule has 0 radical (unpaired) electrons. The normalized spacial score (nSPS) is 10.2. The summed E-state index contributed by atoms with van der Waals surface area (Å²) in [6, 6.07) is 21.1. The van der Waals surface area contributed by atoms with Gasteiger partial charge in [0.2, 0.25) is 0 Å². The molecule has 4 heteroatoms. The van der Waals surface area contributed by atoms with Crippen LogP contribution >= 0.6 is 0 Å². The summed E-state index contributed by atoms with van der Waals surface area (Å²) in [5.74, 6) is -0.255. The molecule has 0 heterocycles. The second kappa shape index (κ2) is 18.4. The molecule has 0 bridgehead atoms. The van der Waals surface area contributed by atoms with Gasteiger partial charge < -0.3 is 4.74 Å². The molecule has 0 atom stereocenters. The van der Waals surface area contributed by atoms with E-state index in [2.05, 4.69) is 75.2 Å². The molecule has 38 heavy (non-hydrogen) atoms. The predicted molar refractivity (Wildman–Crippen MR) is 160 cm³/mol. The lowest BCUT2D eigenvalue weighted by molar-refractivity contribution is -0.142. The molecule has 0 unspecified atom stereocenters. The second-order valence-corrected chi connectivity index (χ2v) is 10.2. The summed E-state index contributed by atoms with van der Waals surface area (Å²) < 4.78 is 4.90. The van der Waals surface area contributed by atoms with E-state index >= 15 is 0 Å². The topological polar surface area (TPSA) is 73.9 Å². The van der Waals surface area contributed by atoms with Crippen LogP contribution in [-0.2, 0) is 22.4 Å². The quantitative estimate of drug-likeness (QED) is 0.171. The van der Waals surface area contributed by atoms with E-state index in [1.165, 1.54) is 22.8 Å². The Kier molecular flexibility index (Phi) is 16.5. The highest BCUT2D eigenvalue weighted by atomic mass is 16.5. The van der Waals surface area contributed by atoms with Gasteiger partial charge in [-0.1, -0.05) is 86.8 Å². The second-order valence-electron chi connectivity index (χ2n) is 10.2. The minimum absolute atomic E-state index is 0.252. The molecule has 0 aliphatic heterocycles. The maximum Gasteiger partial charge on any atom is 0.309 e. The average Bonchev–Trinajstić information content (AvgIpc) is 2.92. The molecule has 2 aromatic rings. The molecular weight excluding hydrogens is 468 g/mol. The van der Waals surface area contributed by atoms with Crippen molar-refractivity contribution < 1.29 is 9.53 Å². The number of benzene rings is 2. The van der Waals surface area contributed by atoms with Crippen LogP contribution in [0.3, 0.4) is 0 Å². The number of carbonyl (C=O) groups is 1. The number of hydrogen-bond donors (Lipinski definition) is 0. The maximum atomic E-state index is 10.9. The summed E-state index contributed by atoms with van der Waals surface area (Å²) in [7, 11) is 0. The fraction of sp³-hybridized carbons (Fsp3) is 0.382. The van der Waals surface area contributed by atoms with E-state index in [4.69, 9.17) is 15.3 Å². The predicted octanol–water partition coefficient (Wildman–Crippen LogP) is 8.75. The number of carbonyl (C=O) groups excluding carboxylic acids is 1. The fourth-order valence-electron chi connectivity index (χ4n) is 3.14. The van der Waals surface area contributed by atoms with E-state index < -0.39 is 0 Å². The van der Waals surface area contributed by atoms with Gasteiger partial charge in [-0.2, -0.15) is 10.5 Å². The Morgan fingerprint density at radius 2 is 1.32 bits per heavy atom. The SMILES string of the molecule is C=CCC(=O)OCCCC(C)(C)C#N.C=Cc1ccc(CC(C)(C)C#N)cc1.C=Cc1ccc(CC)cc1. The lowest BCUT2D eigenvalue weighted by Crippen LogP contribution is -2.11. The minimum atomic E-state index is -0.329. The Morgan fingerprint density at radius 1 is 0.842 bits per heavy atom. The summed E-state index contributed by atoms with van der Waals surface area (Å²) >= 11 is 0. The zero-order valence-electron chi connectivity index (χ0n) is 23.9. The molecule has 0 spiro atoms. The van der Waals surface area contributed by atoms with Crippen molar-refractivity contribution in [1.82, 2.24) is 0 Å². The van der Waals surface area contributed by atoms with Gasteiger partial charge in [0, 0.05) is 0 Å². The molecule has 2 aromatic carbocycles. The first kappa shape index (κ1) is 34.1. The van der Waals surface area contributed by atoms with Crippen LogP contribution in [0.5, 0.6) is 0 Å². The smallest absolute Gasteiger partial charge is 0.309 e. The highest BCUT2D eigenvalue weighted by molar-refractivity contribution is 5.70. The Labute approximate surface area is 231 Å². The highest BCUT2D eigenvalue weighted by Crippen LogP contribution is 2.21. The number of rotatable bonds is 11. The third-order valence-corrected chi connectivity index (χ3v) is 5.61. The van der Waals surface area contributed by atoms with Gasteiger partial charge in [0.05, 0.1) is 36.0 Å². The van der Waals surface area contributed by atoms with Crippen LogP contribution in [0.25, 0.3) is 12.2 Å². The van der Waals surface area contributed by atoms with Crippen molar-refractivity contribution in [2.45, 2.75) is 66.7 Å². The molecule has 0 aromatic heterocycles. The number of nitrogens with zero attached hydrogens (tertiary/aromatic N) is 2. The zero-order chi connectivity index (χ0) is 29.0. The number of aryl methyl sites for hydroxylation is 1. The monoisotopic (exact) mass is 512 g/mol. The zero-order valence-corrected chi connectivity index (χ0v) is 23.9. The van der Waals surface area contributed by atoms with Gasteiger partial charge in [-0.15, -0.1) is 6.58 Å². The van der Waals surface area contributed by atoms with Gasteiger partial charge in [0.15, 0.2) is 0 Å². The van der Waals surface area contributed by atoms with Crippen molar-refractivity contribution in [2.24, 2.45) is 10.8 Å². The highest BCUT2D eigenvalue weighted by Gasteiger charge is 2.17. The third kappa shape index (κ3) is 16.0. The summed E-state index contributed by atoms with van der Waals surface area (Å²) in [4.78, 5) is 10.9. The van der Waals surface area contributed by atoms with Gasteiger partial charge in [-0.05, 0) is 75.6 Å². The molecule has 0 aliphatic carbocycles. The van der Waals surface area contributed by atoms with Crippen molar-refractivity contribution >= 4 is 18.1 Å². The van der Waals surface area contributed by atoms with Gasteiger partial charge in [-0.3, -0.25) is 4.79 Å². The van der Waals surface area contributed by atoms with Crippen LogP contribution < -0.4 is 0 Å². The first-order chi connectivity index (χ1) is 17.9. The van der Waals surface area contributed by atoms with Gasteiger partial charge in [0.25, 0.3) is 0 Å². The van der Waals surface area contributed by atoms with Gasteiger partial charge in [-0.25, -0.2) is 0 Å². The summed E-state index contributed by atoms with van der Waals surface area (Å²) in [6.45, 7) is 21.0. The van der Waals surface area contributed by atoms with Gasteiger partial charge in [0.1, 0.15) is 0 Å². The fourth-order valence-corrected chi connectivity index (χ4v) is 3.14. The van der Waals surface area contributed by atoms with Crippen molar-refractivity contribution in [3.8, 4) is 12.1 Å². The van der Waals surface area contributed by atoms with Crippen LogP contribution in [0.15, 0.2) is 74.3 Å². The maximum absolute atomic E-state index is 10.9. The van der Waals surface area contributed by atoms with Gasteiger partial charge >= 0.3 is 5.97 Å². The van der Waals surface area contributed by atoms with Crippen molar-refractivity contribution in [3.63, 3.8) is 0 Å². The summed E-state index contributed by atoms with van der Waals surface area (Å²) in [6.07, 6.45) is 8.81. The van der Waals surface area contributed by atoms with Crippen LogP contribution in [0.1, 0.15) is 76.1 Å². The number of esters is 1. The van der Waals surface area contributed by atoms with E-state index in [0.29, 0.717) is 6.61 Å². The number of nitriles is 2.